The fourth-order valence-electron chi connectivity index (χ4n) is 1.19. The fourth-order valence-corrected chi connectivity index (χ4v) is 1.19. The summed E-state index contributed by atoms with van der Waals surface area (Å²) in [4.78, 5) is 10.1. The van der Waals surface area contributed by atoms with E-state index in [-0.39, 0.29) is 17.0 Å². The maximum Gasteiger partial charge on any atom is 0.280 e. The third-order valence-corrected chi connectivity index (χ3v) is 1.93. The summed E-state index contributed by atoms with van der Waals surface area (Å²) in [5, 5.41) is 10.7. The quantitative estimate of drug-likeness (QED) is 0.570. The van der Waals surface area contributed by atoms with Crippen molar-refractivity contribution in [2.75, 3.05) is 7.11 Å². The lowest BCUT2D eigenvalue weighted by molar-refractivity contribution is -0.385. The minimum atomic E-state index is -0.638. The molecule has 0 aliphatic heterocycles. The van der Waals surface area contributed by atoms with E-state index in [9.17, 15) is 14.5 Å². The van der Waals surface area contributed by atoms with Gasteiger partial charge in [-0.3, -0.25) is 10.1 Å². The zero-order chi connectivity index (χ0) is 11.6. The molecule has 5 heteroatoms. The molecule has 0 fully saturated rings. The topological polar surface area (TPSA) is 52.4 Å². The first-order valence-electron chi connectivity index (χ1n) is 4.15. The molecule has 80 valence electrons. The van der Waals surface area contributed by atoms with Crippen LogP contribution in [0, 0.1) is 15.9 Å². The van der Waals surface area contributed by atoms with Gasteiger partial charge in [0.2, 0.25) is 0 Å². The summed E-state index contributed by atoms with van der Waals surface area (Å²) in [6.45, 7) is 5.13. The highest BCUT2D eigenvalue weighted by Crippen LogP contribution is 2.31. The first-order chi connectivity index (χ1) is 6.97. The second kappa shape index (κ2) is 4.08. The van der Waals surface area contributed by atoms with Gasteiger partial charge in [0, 0.05) is 0 Å². The van der Waals surface area contributed by atoms with Crippen molar-refractivity contribution in [2.24, 2.45) is 0 Å². The molecule has 1 rings (SSSR count). The predicted octanol–water partition coefficient (Wildman–Crippen LogP) is 2.78. The van der Waals surface area contributed by atoms with Gasteiger partial charge in [-0.2, -0.15) is 0 Å². The summed E-state index contributed by atoms with van der Waals surface area (Å²) in [6, 6.07) is 2.11. The van der Waals surface area contributed by atoms with Crippen LogP contribution in [0.5, 0.6) is 5.75 Å². The lowest BCUT2D eigenvalue weighted by Gasteiger charge is -2.06. The Morgan fingerprint density at radius 2 is 2.20 bits per heavy atom. The van der Waals surface area contributed by atoms with Gasteiger partial charge in [0.15, 0.2) is 11.6 Å². The van der Waals surface area contributed by atoms with Crippen molar-refractivity contribution >= 4 is 11.3 Å². The molecule has 15 heavy (non-hydrogen) atoms. The van der Waals surface area contributed by atoms with Gasteiger partial charge < -0.3 is 4.74 Å². The first kappa shape index (κ1) is 11.2. The van der Waals surface area contributed by atoms with Crippen molar-refractivity contribution in [3.63, 3.8) is 0 Å². The summed E-state index contributed by atoms with van der Waals surface area (Å²) < 4.78 is 17.9. The largest absolute Gasteiger partial charge is 0.493 e. The fraction of sp³-hybridized carbons (Fsp3) is 0.200. The Kier molecular flexibility index (Phi) is 3.04. The number of methoxy groups -OCH3 is 1. The first-order valence-corrected chi connectivity index (χ1v) is 4.15. The van der Waals surface area contributed by atoms with E-state index in [4.69, 9.17) is 0 Å². The predicted molar refractivity (Wildman–Crippen MR) is 54.3 cm³/mol. The molecule has 0 unspecified atom stereocenters. The molecule has 0 radical (unpaired) electrons. The number of nitrogens with zero attached hydrogens (tertiary/aromatic N) is 1. The lowest BCUT2D eigenvalue weighted by atomic mass is 10.1. The Balaban J connectivity index is 3.45. The number of ether oxygens (including phenoxy) is 1. The SMILES string of the molecule is C=C(C)c1cc(F)c(OC)cc1[N+](=O)[O-]. The monoisotopic (exact) mass is 211 g/mol. The molecule has 0 aliphatic carbocycles. The molecule has 0 amide bonds. The van der Waals surface area contributed by atoms with Gasteiger partial charge >= 0.3 is 0 Å². The highest BCUT2D eigenvalue weighted by molar-refractivity contribution is 5.71. The van der Waals surface area contributed by atoms with Crippen LogP contribution in [0.3, 0.4) is 0 Å². The maximum absolute atomic E-state index is 13.3. The second-order valence-electron chi connectivity index (χ2n) is 3.04. The Labute approximate surface area is 86.1 Å². The molecule has 0 saturated heterocycles. The average molecular weight is 211 g/mol. The Hall–Kier alpha value is -1.91. The van der Waals surface area contributed by atoms with E-state index in [0.29, 0.717) is 5.57 Å². The van der Waals surface area contributed by atoms with E-state index in [1.54, 1.807) is 6.92 Å². The number of hydrogen-bond acceptors (Lipinski definition) is 3. The second-order valence-corrected chi connectivity index (χ2v) is 3.04. The van der Waals surface area contributed by atoms with Crippen LogP contribution in [0.4, 0.5) is 10.1 Å². The summed E-state index contributed by atoms with van der Waals surface area (Å²) in [5.41, 5.74) is 0.405. The van der Waals surface area contributed by atoms with Crippen molar-refractivity contribution in [1.29, 1.82) is 0 Å². The zero-order valence-electron chi connectivity index (χ0n) is 8.41. The number of nitro groups is 1. The van der Waals surface area contributed by atoms with E-state index < -0.39 is 10.7 Å². The molecule has 0 N–H and O–H groups in total. The Morgan fingerprint density at radius 1 is 1.60 bits per heavy atom. The molecule has 1 aromatic rings. The molecule has 0 bridgehead atoms. The van der Waals surface area contributed by atoms with Crippen LogP contribution in [0.2, 0.25) is 0 Å². The minimum absolute atomic E-state index is 0.147. The number of hydrogen-bond donors (Lipinski definition) is 0. The van der Waals surface area contributed by atoms with Gasteiger partial charge in [-0.1, -0.05) is 6.58 Å². The van der Waals surface area contributed by atoms with E-state index in [1.807, 2.05) is 0 Å². The van der Waals surface area contributed by atoms with Gasteiger partial charge in [0.1, 0.15) is 0 Å². The average Bonchev–Trinajstić information content (AvgIpc) is 2.16. The smallest absolute Gasteiger partial charge is 0.280 e. The third-order valence-electron chi connectivity index (χ3n) is 1.93. The van der Waals surface area contributed by atoms with Crippen molar-refractivity contribution < 1.29 is 14.1 Å². The molecular weight excluding hydrogens is 201 g/mol. The van der Waals surface area contributed by atoms with Crippen LogP contribution in [0.25, 0.3) is 5.57 Å². The van der Waals surface area contributed by atoms with Crippen molar-refractivity contribution in [3.8, 4) is 5.75 Å². The van der Waals surface area contributed by atoms with E-state index in [1.165, 1.54) is 7.11 Å². The summed E-state index contributed by atoms with van der Waals surface area (Å²) in [6.07, 6.45) is 0. The molecule has 4 nitrogen and oxygen atoms in total. The van der Waals surface area contributed by atoms with Gasteiger partial charge in [-0.05, 0) is 18.6 Å². The van der Waals surface area contributed by atoms with Gasteiger partial charge in [0.05, 0.1) is 23.7 Å². The van der Waals surface area contributed by atoms with Crippen LogP contribution >= 0.6 is 0 Å². The zero-order valence-corrected chi connectivity index (χ0v) is 8.41. The van der Waals surface area contributed by atoms with E-state index >= 15 is 0 Å². The standard InChI is InChI=1S/C10H10FNO3/c1-6(2)7-4-8(11)10(15-3)5-9(7)12(13)14/h4-5H,1H2,2-3H3. The maximum atomic E-state index is 13.3. The van der Waals surface area contributed by atoms with Crippen molar-refractivity contribution in [1.82, 2.24) is 0 Å². The van der Waals surface area contributed by atoms with Gasteiger partial charge in [-0.25, -0.2) is 4.39 Å². The van der Waals surface area contributed by atoms with Crippen LogP contribution in [0.1, 0.15) is 12.5 Å². The van der Waals surface area contributed by atoms with E-state index in [2.05, 4.69) is 11.3 Å². The molecule has 0 spiro atoms. The molecular formula is C10H10FNO3. The summed E-state index contributed by atoms with van der Waals surface area (Å²) in [7, 11) is 1.25. The van der Waals surface area contributed by atoms with Gasteiger partial charge in [-0.15, -0.1) is 0 Å². The minimum Gasteiger partial charge on any atom is -0.493 e. The number of rotatable bonds is 3. The molecule has 0 atom stereocenters. The molecule has 0 saturated carbocycles. The Bertz CT molecular complexity index is 429. The third kappa shape index (κ3) is 2.12. The molecule has 0 aliphatic rings. The molecule has 1 aromatic carbocycles. The van der Waals surface area contributed by atoms with Crippen LogP contribution in [-0.4, -0.2) is 12.0 Å². The Morgan fingerprint density at radius 3 is 2.60 bits per heavy atom. The lowest BCUT2D eigenvalue weighted by Crippen LogP contribution is -1.97. The summed E-state index contributed by atoms with van der Waals surface area (Å²) >= 11 is 0. The molecule has 0 heterocycles. The number of allylic oxidation sites excluding steroid dienone is 1. The summed E-state index contributed by atoms with van der Waals surface area (Å²) in [5.74, 6) is -0.784. The highest BCUT2D eigenvalue weighted by atomic mass is 19.1. The highest BCUT2D eigenvalue weighted by Gasteiger charge is 2.18. The van der Waals surface area contributed by atoms with Crippen LogP contribution < -0.4 is 4.74 Å². The van der Waals surface area contributed by atoms with Crippen molar-refractivity contribution in [2.45, 2.75) is 6.92 Å². The van der Waals surface area contributed by atoms with Gasteiger partial charge in [0.25, 0.3) is 5.69 Å². The molecule has 0 aromatic heterocycles. The number of halogens is 1. The van der Waals surface area contributed by atoms with Crippen molar-refractivity contribution in [3.05, 3.63) is 40.2 Å². The normalized spacial score (nSPS) is 9.80. The number of nitro benzene ring substituents is 1. The van der Waals surface area contributed by atoms with E-state index in [0.717, 1.165) is 12.1 Å². The number of benzene rings is 1. The van der Waals surface area contributed by atoms with Crippen LogP contribution in [0.15, 0.2) is 18.7 Å². The van der Waals surface area contributed by atoms with Crippen LogP contribution in [-0.2, 0) is 0 Å².